The maximum absolute atomic E-state index is 13.4. The molecule has 31 heavy (non-hydrogen) atoms. The van der Waals surface area contributed by atoms with Gasteiger partial charge in [-0.3, -0.25) is 9.10 Å². The zero-order valence-corrected chi connectivity index (χ0v) is 18.3. The first-order chi connectivity index (χ1) is 14.9. The van der Waals surface area contributed by atoms with E-state index in [-0.39, 0.29) is 23.4 Å². The number of amides is 1. The largest absolute Gasteiger partial charge is 0.348 e. The number of nitrogens with zero attached hydrogens (tertiary/aromatic N) is 1. The molecule has 1 atom stereocenters. The van der Waals surface area contributed by atoms with E-state index in [0.29, 0.717) is 5.69 Å². The van der Waals surface area contributed by atoms with Crippen LogP contribution in [0.25, 0.3) is 0 Å². The molecule has 0 heterocycles. The Kier molecular flexibility index (Phi) is 6.09. The van der Waals surface area contributed by atoms with Crippen LogP contribution in [0.2, 0.25) is 0 Å². The number of aryl methyl sites for hydroxylation is 2. The zero-order chi connectivity index (χ0) is 21.8. The first-order valence-corrected chi connectivity index (χ1v) is 11.9. The van der Waals surface area contributed by atoms with Crippen molar-refractivity contribution in [3.05, 3.63) is 95.6 Å². The van der Waals surface area contributed by atoms with Crippen LogP contribution in [0.1, 0.15) is 35.6 Å². The van der Waals surface area contributed by atoms with Gasteiger partial charge in [0.2, 0.25) is 5.91 Å². The summed E-state index contributed by atoms with van der Waals surface area (Å²) >= 11 is 0. The number of nitrogens with one attached hydrogen (secondary N) is 1. The maximum atomic E-state index is 13.4. The summed E-state index contributed by atoms with van der Waals surface area (Å²) in [6, 6.07) is 23.4. The van der Waals surface area contributed by atoms with Crippen molar-refractivity contribution in [1.29, 1.82) is 0 Å². The van der Waals surface area contributed by atoms with Crippen molar-refractivity contribution in [2.75, 3.05) is 10.8 Å². The molecule has 160 valence electrons. The third-order valence-corrected chi connectivity index (χ3v) is 7.43. The van der Waals surface area contributed by atoms with Gasteiger partial charge in [0.1, 0.15) is 6.54 Å². The van der Waals surface area contributed by atoms with Crippen LogP contribution in [0.3, 0.4) is 0 Å². The van der Waals surface area contributed by atoms with Crippen LogP contribution in [-0.4, -0.2) is 20.9 Å². The average Bonchev–Trinajstić information content (AvgIpc) is 2.79. The molecule has 5 nitrogen and oxygen atoms in total. The number of rotatable bonds is 6. The van der Waals surface area contributed by atoms with Crippen molar-refractivity contribution in [2.45, 2.75) is 37.1 Å². The summed E-state index contributed by atoms with van der Waals surface area (Å²) in [7, 11) is -3.89. The summed E-state index contributed by atoms with van der Waals surface area (Å²) in [6.45, 7) is 1.66. The van der Waals surface area contributed by atoms with Crippen LogP contribution in [0, 0.1) is 6.92 Å². The van der Waals surface area contributed by atoms with Crippen molar-refractivity contribution in [3.63, 3.8) is 0 Å². The zero-order valence-electron chi connectivity index (χ0n) is 17.5. The summed E-state index contributed by atoms with van der Waals surface area (Å²) in [5, 5.41) is 3.07. The van der Waals surface area contributed by atoms with E-state index in [4.69, 9.17) is 0 Å². The van der Waals surface area contributed by atoms with Gasteiger partial charge in [0, 0.05) is 0 Å². The monoisotopic (exact) mass is 434 g/mol. The molecule has 0 aromatic heterocycles. The molecule has 1 N–H and O–H groups in total. The second kappa shape index (κ2) is 8.94. The first kappa shape index (κ1) is 21.1. The topological polar surface area (TPSA) is 66.5 Å². The highest BCUT2D eigenvalue weighted by Crippen LogP contribution is 2.30. The van der Waals surface area contributed by atoms with Gasteiger partial charge in [0.05, 0.1) is 16.6 Å². The van der Waals surface area contributed by atoms with Crippen molar-refractivity contribution >= 4 is 21.6 Å². The fraction of sp³-hybridized carbons (Fsp3) is 0.240. The number of benzene rings is 3. The number of carbonyl (C=O) groups excluding carboxylic acids is 1. The summed E-state index contributed by atoms with van der Waals surface area (Å²) in [5.41, 5.74) is 3.85. The molecular weight excluding hydrogens is 408 g/mol. The third kappa shape index (κ3) is 4.64. The van der Waals surface area contributed by atoms with Gasteiger partial charge < -0.3 is 5.32 Å². The molecule has 0 bridgehead atoms. The van der Waals surface area contributed by atoms with Gasteiger partial charge in [-0.05, 0) is 61.6 Å². The normalized spacial score (nSPS) is 15.7. The number of hydrogen-bond donors (Lipinski definition) is 1. The molecule has 6 heteroatoms. The van der Waals surface area contributed by atoms with E-state index in [9.17, 15) is 13.2 Å². The smallest absolute Gasteiger partial charge is 0.264 e. The van der Waals surface area contributed by atoms with E-state index < -0.39 is 10.0 Å². The number of hydrogen-bond acceptors (Lipinski definition) is 3. The lowest BCUT2D eigenvalue weighted by Crippen LogP contribution is -2.42. The highest BCUT2D eigenvalue weighted by atomic mass is 32.2. The Bertz CT molecular complexity index is 1160. The average molecular weight is 435 g/mol. The Morgan fingerprint density at radius 2 is 1.65 bits per heavy atom. The predicted molar refractivity (Wildman–Crippen MR) is 122 cm³/mol. The summed E-state index contributed by atoms with van der Waals surface area (Å²) in [5.74, 6) is -0.318. The molecule has 4 rings (SSSR count). The van der Waals surface area contributed by atoms with E-state index in [2.05, 4.69) is 11.4 Å². The highest BCUT2D eigenvalue weighted by Gasteiger charge is 2.29. The Morgan fingerprint density at radius 1 is 0.968 bits per heavy atom. The molecule has 0 radical (unpaired) electrons. The van der Waals surface area contributed by atoms with Crippen LogP contribution < -0.4 is 9.62 Å². The molecule has 1 aliphatic carbocycles. The Labute approximate surface area is 183 Å². The van der Waals surface area contributed by atoms with Crippen LogP contribution in [0.4, 0.5) is 5.69 Å². The minimum absolute atomic E-state index is 0.100. The molecule has 3 aromatic rings. The van der Waals surface area contributed by atoms with Crippen molar-refractivity contribution in [2.24, 2.45) is 0 Å². The second-order valence-corrected chi connectivity index (χ2v) is 9.73. The fourth-order valence-electron chi connectivity index (χ4n) is 4.02. The molecule has 0 saturated heterocycles. The minimum Gasteiger partial charge on any atom is -0.348 e. The first-order valence-electron chi connectivity index (χ1n) is 10.5. The molecule has 1 amide bonds. The quantitative estimate of drug-likeness (QED) is 0.626. The van der Waals surface area contributed by atoms with Gasteiger partial charge in [-0.15, -0.1) is 0 Å². The molecule has 0 unspecified atom stereocenters. The lowest BCUT2D eigenvalue weighted by Gasteiger charge is -2.28. The maximum Gasteiger partial charge on any atom is 0.264 e. The summed E-state index contributed by atoms with van der Waals surface area (Å²) < 4.78 is 28.0. The van der Waals surface area contributed by atoms with Crippen LogP contribution in [-0.2, 0) is 21.2 Å². The van der Waals surface area contributed by atoms with E-state index in [0.717, 1.165) is 30.4 Å². The molecule has 0 fully saturated rings. The number of sulfonamides is 1. The van der Waals surface area contributed by atoms with Gasteiger partial charge in [-0.25, -0.2) is 8.42 Å². The van der Waals surface area contributed by atoms with E-state index in [1.165, 1.54) is 9.87 Å². The minimum atomic E-state index is -3.89. The predicted octanol–water partition coefficient (Wildman–Crippen LogP) is 4.38. The summed E-state index contributed by atoms with van der Waals surface area (Å²) in [6.07, 6.45) is 2.84. The van der Waals surface area contributed by atoms with Crippen LogP contribution in [0.15, 0.2) is 83.8 Å². The molecule has 1 aliphatic rings. The van der Waals surface area contributed by atoms with Gasteiger partial charge in [-0.1, -0.05) is 60.2 Å². The summed E-state index contributed by atoms with van der Waals surface area (Å²) in [4.78, 5) is 13.2. The molecular formula is C25H26N2O3S. The van der Waals surface area contributed by atoms with E-state index in [1.807, 2.05) is 37.3 Å². The molecule has 3 aromatic carbocycles. The Morgan fingerprint density at radius 3 is 2.39 bits per heavy atom. The van der Waals surface area contributed by atoms with Crippen LogP contribution >= 0.6 is 0 Å². The molecule has 0 saturated carbocycles. The van der Waals surface area contributed by atoms with E-state index >= 15 is 0 Å². The highest BCUT2D eigenvalue weighted by molar-refractivity contribution is 7.92. The van der Waals surface area contributed by atoms with Gasteiger partial charge in [0.15, 0.2) is 0 Å². The van der Waals surface area contributed by atoms with Crippen LogP contribution in [0.5, 0.6) is 0 Å². The SMILES string of the molecule is Cc1ccc(N(CC(=O)N[C@H]2CCCc3ccccc32)S(=O)(=O)c2ccccc2)cc1. The number of anilines is 1. The lowest BCUT2D eigenvalue weighted by atomic mass is 9.88. The van der Waals surface area contributed by atoms with Crippen molar-refractivity contribution in [1.82, 2.24) is 5.32 Å². The standard InChI is InChI=1S/C25H26N2O3S/c1-19-14-16-21(17-15-19)27(31(29,30)22-10-3-2-4-11-22)18-25(28)26-24-13-7-9-20-8-5-6-12-23(20)24/h2-6,8,10-12,14-17,24H,7,9,13,18H2,1H3,(H,26,28)/t24-/m0/s1. The van der Waals surface area contributed by atoms with Crippen molar-refractivity contribution in [3.8, 4) is 0 Å². The second-order valence-electron chi connectivity index (χ2n) is 7.87. The van der Waals surface area contributed by atoms with Gasteiger partial charge in [-0.2, -0.15) is 0 Å². The fourth-order valence-corrected chi connectivity index (χ4v) is 5.46. The van der Waals surface area contributed by atoms with Gasteiger partial charge >= 0.3 is 0 Å². The third-order valence-electron chi connectivity index (χ3n) is 5.65. The number of fused-ring (bicyclic) bond motifs is 1. The van der Waals surface area contributed by atoms with Gasteiger partial charge in [0.25, 0.3) is 10.0 Å². The Hall–Kier alpha value is -3.12. The number of carbonyl (C=O) groups is 1. The lowest BCUT2D eigenvalue weighted by molar-refractivity contribution is -0.120. The molecule has 0 aliphatic heterocycles. The Balaban J connectivity index is 1.61. The van der Waals surface area contributed by atoms with E-state index in [1.54, 1.807) is 42.5 Å². The molecule has 0 spiro atoms. The van der Waals surface area contributed by atoms with Crippen molar-refractivity contribution < 1.29 is 13.2 Å².